The largest absolute Gasteiger partial charge is 0.457 e. The predicted octanol–water partition coefficient (Wildman–Crippen LogP) is 6.82. The van der Waals surface area contributed by atoms with Gasteiger partial charge >= 0.3 is 6.03 Å². The van der Waals surface area contributed by atoms with E-state index in [1.165, 1.54) is 48.5 Å². The summed E-state index contributed by atoms with van der Waals surface area (Å²) in [6, 6.07) is 16.9. The molecule has 11 heteroatoms. The van der Waals surface area contributed by atoms with E-state index in [1.54, 1.807) is 26.0 Å². The van der Waals surface area contributed by atoms with Gasteiger partial charge in [0.05, 0.1) is 9.79 Å². The molecule has 0 bridgehead atoms. The van der Waals surface area contributed by atoms with Gasteiger partial charge in [-0.25, -0.2) is 22.0 Å². The van der Waals surface area contributed by atoms with Crippen LogP contribution in [0.3, 0.4) is 0 Å². The Morgan fingerprint density at radius 3 is 1.85 bits per heavy atom. The van der Waals surface area contributed by atoms with Crippen LogP contribution in [0, 0.1) is 25.5 Å². The molecule has 0 radical (unpaired) electrons. The Morgan fingerprint density at radius 1 is 0.795 bits per heavy atom. The van der Waals surface area contributed by atoms with Crippen LogP contribution in [0.5, 0.6) is 11.5 Å². The number of aryl methyl sites for hydroxylation is 2. The number of carbonyl (C=O) groups is 2. The molecule has 4 aromatic carbocycles. The van der Waals surface area contributed by atoms with Gasteiger partial charge in [-0.15, -0.1) is 0 Å². The highest BCUT2D eigenvalue weighted by molar-refractivity contribution is 7.91. The minimum absolute atomic E-state index is 0.0832. The number of urea groups is 1. The molecule has 3 amide bonds. The second-order valence-corrected chi connectivity index (χ2v) is 10.9. The lowest BCUT2D eigenvalue weighted by molar-refractivity contribution is 0.0959. The normalized spacial score (nSPS) is 11.1. The van der Waals surface area contributed by atoms with E-state index in [9.17, 15) is 26.8 Å². The van der Waals surface area contributed by atoms with Crippen LogP contribution in [-0.4, -0.2) is 20.4 Å². The smallest absolute Gasteiger partial charge is 0.326 e. The molecular formula is C28H21ClF2N2O5S. The van der Waals surface area contributed by atoms with Gasteiger partial charge in [-0.3, -0.25) is 10.1 Å². The first-order chi connectivity index (χ1) is 18.5. The van der Waals surface area contributed by atoms with Crippen LogP contribution >= 0.6 is 11.6 Å². The summed E-state index contributed by atoms with van der Waals surface area (Å²) in [6.07, 6.45) is 0. The van der Waals surface area contributed by atoms with E-state index in [0.717, 1.165) is 18.2 Å². The number of halogens is 3. The van der Waals surface area contributed by atoms with Crippen molar-refractivity contribution in [2.75, 3.05) is 5.32 Å². The van der Waals surface area contributed by atoms with Crippen LogP contribution in [0.1, 0.15) is 21.5 Å². The number of carbonyl (C=O) groups excluding carboxylic acids is 2. The number of hydrogen-bond donors (Lipinski definition) is 2. The highest BCUT2D eigenvalue weighted by Gasteiger charge is 2.20. The Bertz CT molecular complexity index is 1630. The number of anilines is 1. The van der Waals surface area contributed by atoms with Crippen molar-refractivity contribution in [1.82, 2.24) is 5.32 Å². The first-order valence-electron chi connectivity index (χ1n) is 11.4. The third-order valence-corrected chi connectivity index (χ3v) is 7.69. The fraction of sp³-hybridized carbons (Fsp3) is 0.0714. The maximum absolute atomic E-state index is 13.8. The Hall–Kier alpha value is -4.28. The maximum atomic E-state index is 13.8. The van der Waals surface area contributed by atoms with Gasteiger partial charge in [-0.1, -0.05) is 17.7 Å². The van der Waals surface area contributed by atoms with Crippen molar-refractivity contribution in [1.29, 1.82) is 0 Å². The van der Waals surface area contributed by atoms with Gasteiger partial charge in [0.25, 0.3) is 5.91 Å². The minimum Gasteiger partial charge on any atom is -0.457 e. The van der Waals surface area contributed by atoms with Crippen molar-refractivity contribution in [3.05, 3.63) is 112 Å². The molecule has 0 saturated carbocycles. The summed E-state index contributed by atoms with van der Waals surface area (Å²) in [5.74, 6) is -2.62. The Balaban J connectivity index is 1.45. The number of nitrogens with one attached hydrogen (secondary N) is 2. The molecule has 39 heavy (non-hydrogen) atoms. The van der Waals surface area contributed by atoms with E-state index >= 15 is 0 Å². The summed E-state index contributed by atoms with van der Waals surface area (Å²) >= 11 is 5.84. The lowest BCUT2D eigenvalue weighted by Gasteiger charge is -2.15. The molecule has 0 unspecified atom stereocenters. The summed E-state index contributed by atoms with van der Waals surface area (Å²) in [5, 5.41) is 4.84. The predicted molar refractivity (Wildman–Crippen MR) is 142 cm³/mol. The molecule has 0 saturated heterocycles. The van der Waals surface area contributed by atoms with Gasteiger partial charge in [0.2, 0.25) is 9.84 Å². The lowest BCUT2D eigenvalue weighted by Crippen LogP contribution is -2.35. The van der Waals surface area contributed by atoms with E-state index in [0.29, 0.717) is 33.3 Å². The third-order valence-electron chi connectivity index (χ3n) is 5.66. The average Bonchev–Trinajstić information content (AvgIpc) is 2.87. The standard InChI is InChI=1S/C28H21ClF2N2O5S/c1-16-14-20(38-19-8-12-22(13-9-19)39(36,37)21-10-6-18(29)7-11-21)15-17(2)26(16)32-28(35)33-27(34)25-23(30)4-3-5-24(25)31/h3-15H,1-2H3,(H2,32,33,34,35). The number of sulfone groups is 1. The van der Waals surface area contributed by atoms with E-state index in [4.69, 9.17) is 16.3 Å². The molecule has 0 aromatic heterocycles. The number of ether oxygens (including phenoxy) is 1. The molecule has 0 spiro atoms. The molecule has 4 rings (SSSR count). The molecule has 0 aliphatic heterocycles. The minimum atomic E-state index is -3.73. The second-order valence-electron chi connectivity index (χ2n) is 8.47. The molecule has 0 aliphatic carbocycles. The molecule has 2 N–H and O–H groups in total. The number of rotatable bonds is 6. The quantitative estimate of drug-likeness (QED) is 0.265. The van der Waals surface area contributed by atoms with Gasteiger partial charge < -0.3 is 10.1 Å². The van der Waals surface area contributed by atoms with E-state index < -0.39 is 39.0 Å². The highest BCUT2D eigenvalue weighted by atomic mass is 35.5. The van der Waals surface area contributed by atoms with Gasteiger partial charge in [0, 0.05) is 10.7 Å². The van der Waals surface area contributed by atoms with Crippen molar-refractivity contribution in [3.63, 3.8) is 0 Å². The molecule has 4 aromatic rings. The van der Waals surface area contributed by atoms with Crippen molar-refractivity contribution in [2.45, 2.75) is 23.6 Å². The lowest BCUT2D eigenvalue weighted by atomic mass is 10.1. The van der Waals surface area contributed by atoms with Crippen molar-refractivity contribution >= 4 is 39.1 Å². The summed E-state index contributed by atoms with van der Waals surface area (Å²) in [6.45, 7) is 3.38. The second kappa shape index (κ2) is 11.2. The highest BCUT2D eigenvalue weighted by Crippen LogP contribution is 2.31. The average molecular weight is 571 g/mol. The van der Waals surface area contributed by atoms with Crippen LogP contribution < -0.4 is 15.4 Å². The van der Waals surface area contributed by atoms with Crippen molar-refractivity contribution in [2.24, 2.45) is 0 Å². The number of amides is 3. The summed E-state index contributed by atoms with van der Waals surface area (Å²) < 4.78 is 59.2. The molecule has 0 heterocycles. The fourth-order valence-electron chi connectivity index (χ4n) is 3.78. The zero-order valence-electron chi connectivity index (χ0n) is 20.6. The van der Waals surface area contributed by atoms with Crippen molar-refractivity contribution < 1.29 is 31.5 Å². The molecular weight excluding hydrogens is 550 g/mol. The van der Waals surface area contributed by atoms with Crippen molar-refractivity contribution in [3.8, 4) is 11.5 Å². The number of imide groups is 1. The zero-order valence-corrected chi connectivity index (χ0v) is 22.2. The molecule has 200 valence electrons. The Morgan fingerprint density at radius 2 is 1.31 bits per heavy atom. The maximum Gasteiger partial charge on any atom is 0.326 e. The first kappa shape index (κ1) is 27.7. The monoisotopic (exact) mass is 570 g/mol. The van der Waals surface area contributed by atoms with Crippen LogP contribution in [0.15, 0.2) is 88.7 Å². The van der Waals surface area contributed by atoms with E-state index in [-0.39, 0.29) is 9.79 Å². The summed E-state index contributed by atoms with van der Waals surface area (Å²) in [4.78, 5) is 24.7. The van der Waals surface area contributed by atoms with E-state index in [1.807, 2.05) is 5.32 Å². The molecule has 0 atom stereocenters. The van der Waals surface area contributed by atoms with Crippen LogP contribution in [0.2, 0.25) is 5.02 Å². The van der Waals surface area contributed by atoms with Crippen LogP contribution in [-0.2, 0) is 9.84 Å². The van der Waals surface area contributed by atoms with Gasteiger partial charge in [0.15, 0.2) is 0 Å². The van der Waals surface area contributed by atoms with Crippen LogP contribution in [0.25, 0.3) is 0 Å². The fourth-order valence-corrected chi connectivity index (χ4v) is 5.16. The zero-order chi connectivity index (χ0) is 28.3. The molecule has 7 nitrogen and oxygen atoms in total. The van der Waals surface area contributed by atoms with Crippen LogP contribution in [0.4, 0.5) is 19.3 Å². The van der Waals surface area contributed by atoms with Gasteiger partial charge in [0.1, 0.15) is 28.7 Å². The first-order valence-corrected chi connectivity index (χ1v) is 13.3. The summed E-state index contributed by atoms with van der Waals surface area (Å²) in [5.41, 5.74) is 0.654. The number of benzene rings is 4. The van der Waals surface area contributed by atoms with Gasteiger partial charge in [-0.05, 0) is 97.8 Å². The number of hydrogen-bond acceptors (Lipinski definition) is 5. The Labute approximate surface area is 228 Å². The molecule has 0 fully saturated rings. The Kier molecular flexibility index (Phi) is 7.98. The van der Waals surface area contributed by atoms with Gasteiger partial charge in [-0.2, -0.15) is 0 Å². The van der Waals surface area contributed by atoms with E-state index in [2.05, 4.69) is 5.32 Å². The molecule has 0 aliphatic rings. The third kappa shape index (κ3) is 6.24. The summed E-state index contributed by atoms with van der Waals surface area (Å²) in [7, 11) is -3.73. The topological polar surface area (TPSA) is 102 Å². The SMILES string of the molecule is Cc1cc(Oc2ccc(S(=O)(=O)c3ccc(Cl)cc3)cc2)cc(C)c1NC(=O)NC(=O)c1c(F)cccc1F.